The first-order valence-corrected chi connectivity index (χ1v) is 6.32. The summed E-state index contributed by atoms with van der Waals surface area (Å²) in [6, 6.07) is 8.96. The Kier molecular flexibility index (Phi) is 4.06. The van der Waals surface area contributed by atoms with Crippen molar-refractivity contribution in [2.75, 3.05) is 17.2 Å². The van der Waals surface area contributed by atoms with Gasteiger partial charge in [0.05, 0.1) is 16.9 Å². The molecule has 2 N–H and O–H groups in total. The van der Waals surface area contributed by atoms with Gasteiger partial charge in [-0.05, 0) is 43.3 Å². The van der Waals surface area contributed by atoms with Gasteiger partial charge in [-0.3, -0.25) is 0 Å². The molecule has 0 amide bonds. The summed E-state index contributed by atoms with van der Waals surface area (Å²) in [6.07, 6.45) is -4.44. The summed E-state index contributed by atoms with van der Waals surface area (Å²) in [6.45, 7) is 2.25. The van der Waals surface area contributed by atoms with Crippen molar-refractivity contribution in [1.29, 1.82) is 0 Å². The molecule has 0 aliphatic rings. The van der Waals surface area contributed by atoms with Gasteiger partial charge in [0.2, 0.25) is 0 Å². The van der Waals surface area contributed by atoms with Crippen molar-refractivity contribution in [1.82, 2.24) is 0 Å². The SMILES string of the molecule is CCN(c1cccc(F)c1)c1ccc(C(F)(F)F)cc1N. The molecule has 0 spiro atoms. The van der Waals surface area contributed by atoms with E-state index in [9.17, 15) is 17.6 Å². The van der Waals surface area contributed by atoms with Crippen LogP contribution in [0.2, 0.25) is 0 Å². The molecule has 0 aliphatic heterocycles. The summed E-state index contributed by atoms with van der Waals surface area (Å²) in [7, 11) is 0. The fourth-order valence-electron chi connectivity index (χ4n) is 2.11. The summed E-state index contributed by atoms with van der Waals surface area (Å²) in [5, 5.41) is 0. The van der Waals surface area contributed by atoms with Gasteiger partial charge in [0.15, 0.2) is 0 Å². The van der Waals surface area contributed by atoms with Crippen LogP contribution in [0, 0.1) is 5.82 Å². The Morgan fingerprint density at radius 3 is 2.33 bits per heavy atom. The molecule has 0 aliphatic carbocycles. The molecule has 112 valence electrons. The summed E-state index contributed by atoms with van der Waals surface area (Å²) in [4.78, 5) is 1.65. The molecule has 0 aromatic heterocycles. The van der Waals surface area contributed by atoms with Crippen molar-refractivity contribution >= 4 is 17.1 Å². The van der Waals surface area contributed by atoms with E-state index in [4.69, 9.17) is 5.73 Å². The zero-order chi connectivity index (χ0) is 15.6. The lowest BCUT2D eigenvalue weighted by Gasteiger charge is -2.25. The van der Waals surface area contributed by atoms with E-state index < -0.39 is 17.6 Å². The number of rotatable bonds is 3. The van der Waals surface area contributed by atoms with E-state index in [1.54, 1.807) is 11.0 Å². The van der Waals surface area contributed by atoms with E-state index in [0.717, 1.165) is 12.1 Å². The number of hydrogen-bond donors (Lipinski definition) is 1. The summed E-state index contributed by atoms with van der Waals surface area (Å²) < 4.78 is 51.2. The predicted octanol–water partition coefficient (Wildman–Crippen LogP) is 4.58. The molecule has 21 heavy (non-hydrogen) atoms. The first-order valence-electron chi connectivity index (χ1n) is 6.32. The topological polar surface area (TPSA) is 29.3 Å². The minimum atomic E-state index is -4.44. The molecule has 2 aromatic rings. The van der Waals surface area contributed by atoms with Crippen molar-refractivity contribution in [3.63, 3.8) is 0 Å². The molecule has 2 rings (SSSR count). The predicted molar refractivity (Wildman–Crippen MR) is 74.9 cm³/mol. The fraction of sp³-hybridized carbons (Fsp3) is 0.200. The number of benzene rings is 2. The highest BCUT2D eigenvalue weighted by Crippen LogP contribution is 2.36. The first kappa shape index (κ1) is 15.2. The second-order valence-corrected chi connectivity index (χ2v) is 4.50. The number of halogens is 4. The lowest BCUT2D eigenvalue weighted by atomic mass is 10.1. The van der Waals surface area contributed by atoms with E-state index in [-0.39, 0.29) is 5.69 Å². The number of alkyl halides is 3. The van der Waals surface area contributed by atoms with Crippen LogP contribution < -0.4 is 10.6 Å². The normalized spacial score (nSPS) is 11.5. The number of anilines is 3. The molecule has 0 radical (unpaired) electrons. The molecule has 0 heterocycles. The zero-order valence-electron chi connectivity index (χ0n) is 11.3. The van der Waals surface area contributed by atoms with Gasteiger partial charge in [-0.1, -0.05) is 6.07 Å². The fourth-order valence-corrected chi connectivity index (χ4v) is 2.11. The van der Waals surface area contributed by atoms with Crippen molar-refractivity contribution in [3.8, 4) is 0 Å². The second kappa shape index (κ2) is 5.63. The van der Waals surface area contributed by atoms with Crippen LogP contribution in [0.15, 0.2) is 42.5 Å². The summed E-state index contributed by atoms with van der Waals surface area (Å²) in [5.41, 5.74) is 5.87. The highest BCUT2D eigenvalue weighted by Gasteiger charge is 2.31. The van der Waals surface area contributed by atoms with Crippen LogP contribution in [0.3, 0.4) is 0 Å². The van der Waals surface area contributed by atoms with Gasteiger partial charge in [-0.15, -0.1) is 0 Å². The number of nitrogens with zero attached hydrogens (tertiary/aromatic N) is 1. The maximum Gasteiger partial charge on any atom is 0.416 e. The smallest absolute Gasteiger partial charge is 0.397 e. The maximum absolute atomic E-state index is 13.3. The Balaban J connectivity index is 2.44. The quantitative estimate of drug-likeness (QED) is 0.663. The van der Waals surface area contributed by atoms with Gasteiger partial charge >= 0.3 is 6.18 Å². The molecule has 0 saturated carbocycles. The van der Waals surface area contributed by atoms with Gasteiger partial charge in [0.1, 0.15) is 5.82 Å². The largest absolute Gasteiger partial charge is 0.416 e. The van der Waals surface area contributed by atoms with Gasteiger partial charge in [-0.2, -0.15) is 13.2 Å². The van der Waals surface area contributed by atoms with E-state index in [0.29, 0.717) is 17.9 Å². The van der Waals surface area contributed by atoms with Crippen LogP contribution in [0.4, 0.5) is 34.6 Å². The van der Waals surface area contributed by atoms with Gasteiger partial charge in [0, 0.05) is 12.2 Å². The lowest BCUT2D eigenvalue weighted by molar-refractivity contribution is -0.137. The van der Waals surface area contributed by atoms with E-state index >= 15 is 0 Å². The third kappa shape index (κ3) is 3.26. The van der Waals surface area contributed by atoms with Gasteiger partial charge in [0.25, 0.3) is 0 Å². The molecule has 2 nitrogen and oxygen atoms in total. The average Bonchev–Trinajstić information content (AvgIpc) is 2.40. The third-order valence-electron chi connectivity index (χ3n) is 3.08. The van der Waals surface area contributed by atoms with Gasteiger partial charge < -0.3 is 10.6 Å². The minimum absolute atomic E-state index is 0.00376. The monoisotopic (exact) mass is 298 g/mol. The zero-order valence-corrected chi connectivity index (χ0v) is 11.3. The second-order valence-electron chi connectivity index (χ2n) is 4.50. The van der Waals surface area contributed by atoms with E-state index in [1.807, 2.05) is 6.92 Å². The van der Waals surface area contributed by atoms with Crippen LogP contribution in [0.25, 0.3) is 0 Å². The molecule has 0 atom stereocenters. The van der Waals surface area contributed by atoms with Crippen LogP contribution in [0.5, 0.6) is 0 Å². The van der Waals surface area contributed by atoms with Crippen LogP contribution in [-0.4, -0.2) is 6.54 Å². The van der Waals surface area contributed by atoms with Crippen molar-refractivity contribution in [3.05, 3.63) is 53.8 Å². The van der Waals surface area contributed by atoms with Crippen molar-refractivity contribution in [2.45, 2.75) is 13.1 Å². The van der Waals surface area contributed by atoms with E-state index in [2.05, 4.69) is 0 Å². The summed E-state index contributed by atoms with van der Waals surface area (Å²) >= 11 is 0. The Morgan fingerprint density at radius 2 is 1.81 bits per heavy atom. The molecule has 2 aromatic carbocycles. The first-order chi connectivity index (χ1) is 9.82. The number of nitrogen functional groups attached to an aromatic ring is 1. The van der Waals surface area contributed by atoms with Crippen molar-refractivity contribution in [2.24, 2.45) is 0 Å². The van der Waals surface area contributed by atoms with Crippen LogP contribution in [-0.2, 0) is 6.18 Å². The molecule has 0 saturated heterocycles. The molecule has 0 fully saturated rings. The highest BCUT2D eigenvalue weighted by molar-refractivity contribution is 5.75. The molecular formula is C15H14F4N2. The molecule has 0 bridgehead atoms. The number of nitrogens with two attached hydrogens (primary N) is 1. The van der Waals surface area contributed by atoms with Gasteiger partial charge in [-0.25, -0.2) is 4.39 Å². The Labute approximate surface area is 119 Å². The Morgan fingerprint density at radius 1 is 1.10 bits per heavy atom. The minimum Gasteiger partial charge on any atom is -0.397 e. The third-order valence-corrected chi connectivity index (χ3v) is 3.08. The van der Waals surface area contributed by atoms with Crippen LogP contribution >= 0.6 is 0 Å². The Bertz CT molecular complexity index is 638. The molecule has 6 heteroatoms. The van der Waals surface area contributed by atoms with Crippen LogP contribution in [0.1, 0.15) is 12.5 Å². The molecule has 0 unspecified atom stereocenters. The van der Waals surface area contributed by atoms with Crippen molar-refractivity contribution < 1.29 is 17.6 Å². The summed E-state index contributed by atoms with van der Waals surface area (Å²) in [5.74, 6) is -0.420. The number of hydrogen-bond acceptors (Lipinski definition) is 2. The standard InChI is InChI=1S/C15H14F4N2/c1-2-21(12-5-3-4-11(16)9-12)14-7-6-10(8-13(14)20)15(17,18)19/h3-9H,2,20H2,1H3. The molecular weight excluding hydrogens is 284 g/mol. The Hall–Kier alpha value is -2.24. The highest BCUT2D eigenvalue weighted by atomic mass is 19.4. The lowest BCUT2D eigenvalue weighted by Crippen LogP contribution is -2.18. The maximum atomic E-state index is 13.3. The average molecular weight is 298 g/mol. The van der Waals surface area contributed by atoms with E-state index in [1.165, 1.54) is 24.3 Å².